The van der Waals surface area contributed by atoms with Crippen LogP contribution in [0.1, 0.15) is 6.85 Å². The van der Waals surface area contributed by atoms with Crippen LogP contribution in [-0.4, -0.2) is 19.5 Å². The van der Waals surface area contributed by atoms with Crippen LogP contribution in [0, 0.1) is 0 Å². The first-order valence-corrected chi connectivity index (χ1v) is 16.3. The van der Waals surface area contributed by atoms with Gasteiger partial charge in [-0.3, -0.25) is 0 Å². The molecule has 5 heteroatoms. The van der Waals surface area contributed by atoms with Gasteiger partial charge in [-0.05, 0) is 53.6 Å². The van der Waals surface area contributed by atoms with Gasteiger partial charge in [0.2, 0.25) is 0 Å². The van der Waals surface area contributed by atoms with Crippen LogP contribution < -0.4 is 0 Å². The van der Waals surface area contributed by atoms with Crippen LogP contribution in [0.15, 0.2) is 174 Å². The highest BCUT2D eigenvalue weighted by atomic mass is 16.3. The molecule has 0 unspecified atom stereocenters. The summed E-state index contributed by atoms with van der Waals surface area (Å²) in [6.45, 7) is 0. The zero-order valence-corrected chi connectivity index (χ0v) is 26.5. The van der Waals surface area contributed by atoms with Crippen molar-refractivity contribution < 1.29 is 11.3 Å². The number of rotatable bonds is 5. The molecule has 0 saturated heterocycles. The molecule has 0 radical (unpaired) electrons. The Kier molecular flexibility index (Phi) is 5.35. The van der Waals surface area contributed by atoms with Crippen molar-refractivity contribution in [3.8, 4) is 51.0 Å². The van der Waals surface area contributed by atoms with Crippen molar-refractivity contribution in [1.82, 2.24) is 19.5 Å². The van der Waals surface area contributed by atoms with Crippen LogP contribution in [0.3, 0.4) is 0 Å². The fourth-order valence-electron chi connectivity index (χ4n) is 6.98. The van der Waals surface area contributed by atoms with Crippen molar-refractivity contribution in [2.45, 2.75) is 0 Å². The molecule has 0 atom stereocenters. The molecule has 234 valence electrons. The summed E-state index contributed by atoms with van der Waals surface area (Å²) in [6.07, 6.45) is 0. The maximum atomic E-state index is 8.73. The Bertz CT molecular complexity index is 3130. The minimum Gasteiger partial charge on any atom is -0.456 e. The smallest absolute Gasteiger partial charge is 0.164 e. The lowest BCUT2D eigenvalue weighted by Gasteiger charge is -2.10. The Hall–Kier alpha value is -6.85. The van der Waals surface area contributed by atoms with Crippen molar-refractivity contribution in [3.63, 3.8) is 0 Å². The van der Waals surface area contributed by atoms with E-state index in [4.69, 9.17) is 26.2 Å². The first kappa shape index (κ1) is 23.5. The Morgan fingerprint density at radius 1 is 0.460 bits per heavy atom. The van der Waals surface area contributed by atoms with E-state index in [1.54, 1.807) is 0 Å². The van der Waals surface area contributed by atoms with E-state index in [9.17, 15) is 0 Å². The predicted molar refractivity (Wildman–Crippen MR) is 203 cm³/mol. The maximum absolute atomic E-state index is 8.73. The molecule has 0 saturated carbocycles. The van der Waals surface area contributed by atoms with E-state index < -0.39 is 18.1 Å². The van der Waals surface area contributed by atoms with Gasteiger partial charge in [-0.1, -0.05) is 127 Å². The highest BCUT2D eigenvalue weighted by molar-refractivity contribution is 6.18. The summed E-state index contributed by atoms with van der Waals surface area (Å²) in [5, 5.41) is 3.93. The molecule has 0 aliphatic heterocycles. The monoisotopic (exact) mass is 645 g/mol. The van der Waals surface area contributed by atoms with Gasteiger partial charge in [-0.15, -0.1) is 0 Å². The molecule has 3 heterocycles. The summed E-state index contributed by atoms with van der Waals surface area (Å²) in [7, 11) is 0. The summed E-state index contributed by atoms with van der Waals surface area (Å²) < 4.78 is 51.1. The topological polar surface area (TPSA) is 56.7 Å². The van der Waals surface area contributed by atoms with Gasteiger partial charge in [-0.2, -0.15) is 0 Å². The summed E-state index contributed by atoms with van der Waals surface area (Å²) in [6, 6.07) is 44.2. The van der Waals surface area contributed by atoms with Gasteiger partial charge in [0.1, 0.15) is 11.2 Å². The molecule has 10 rings (SSSR count). The number of fused-ring (bicyclic) bond motifs is 6. The van der Waals surface area contributed by atoms with Gasteiger partial charge in [0.25, 0.3) is 0 Å². The quantitative estimate of drug-likeness (QED) is 0.187. The SMILES string of the molecule is [2H]c1c([2H])c([2H])c(-c2nc(-c3ccccc3)nc(-c3cccc4oc5cccc(-c6ccc7c(c6)c6ccccc6n7-c6ccccc6)c5c34)n2)c([2H])c1[2H]. The van der Waals surface area contributed by atoms with Crippen molar-refractivity contribution in [2.24, 2.45) is 0 Å². The molecule has 0 aliphatic carbocycles. The van der Waals surface area contributed by atoms with Gasteiger partial charge in [-0.25, -0.2) is 15.0 Å². The Balaban J connectivity index is 1.23. The van der Waals surface area contributed by atoms with Gasteiger partial charge < -0.3 is 8.98 Å². The second kappa shape index (κ2) is 11.4. The summed E-state index contributed by atoms with van der Waals surface area (Å²) in [5.74, 6) is 0.559. The number of furan rings is 1. The Morgan fingerprint density at radius 3 is 1.86 bits per heavy atom. The molecule has 7 aromatic carbocycles. The van der Waals surface area contributed by atoms with Crippen molar-refractivity contribution in [2.75, 3.05) is 0 Å². The second-order valence-electron chi connectivity index (χ2n) is 12.1. The third kappa shape index (κ3) is 4.52. The van der Waals surface area contributed by atoms with Crippen LogP contribution >= 0.6 is 0 Å². The molecule has 0 aliphatic rings. The molecule has 10 aromatic rings. The molecular weight excluding hydrogens is 613 g/mol. The van der Waals surface area contributed by atoms with Crippen LogP contribution in [0.5, 0.6) is 0 Å². The highest BCUT2D eigenvalue weighted by Gasteiger charge is 2.21. The van der Waals surface area contributed by atoms with Gasteiger partial charge >= 0.3 is 0 Å². The Labute approximate surface area is 294 Å². The third-order valence-corrected chi connectivity index (χ3v) is 9.15. The van der Waals surface area contributed by atoms with Crippen LogP contribution in [0.4, 0.5) is 0 Å². The number of para-hydroxylation sites is 2. The van der Waals surface area contributed by atoms with E-state index in [-0.39, 0.29) is 29.3 Å². The number of nitrogens with zero attached hydrogens (tertiary/aromatic N) is 4. The summed E-state index contributed by atoms with van der Waals surface area (Å²) >= 11 is 0. The standard InChI is InChI=1S/C45H28N4O/c1-4-14-29(15-5-1)43-46-44(30-16-6-2-7-17-30)48-45(47-43)35-22-13-25-40-42(35)41-33(21-12-24-39(41)50-40)31-26-27-38-36(28-31)34-20-10-11-23-37(34)49(38)32-18-8-3-9-19-32/h1-28H/i1D,4D,5D,14D,15D. The lowest BCUT2D eigenvalue weighted by molar-refractivity contribution is 0.669. The molecule has 0 spiro atoms. The van der Waals surface area contributed by atoms with Crippen LogP contribution in [-0.2, 0) is 0 Å². The lowest BCUT2D eigenvalue weighted by Crippen LogP contribution is -2.00. The maximum Gasteiger partial charge on any atom is 0.164 e. The van der Waals surface area contributed by atoms with Crippen molar-refractivity contribution in [1.29, 1.82) is 0 Å². The van der Waals surface area contributed by atoms with E-state index in [0.717, 1.165) is 49.4 Å². The predicted octanol–water partition coefficient (Wildman–Crippen LogP) is 11.5. The van der Waals surface area contributed by atoms with Crippen LogP contribution in [0.2, 0.25) is 0 Å². The molecule has 0 N–H and O–H groups in total. The number of hydrogen-bond acceptors (Lipinski definition) is 4. The summed E-state index contributed by atoms with van der Waals surface area (Å²) in [5.41, 5.74) is 7.84. The first-order chi connectivity index (χ1) is 26.9. The zero-order valence-electron chi connectivity index (χ0n) is 31.5. The van der Waals surface area contributed by atoms with Gasteiger partial charge in [0, 0.05) is 43.9 Å². The molecular formula is C45H28N4O. The van der Waals surface area contributed by atoms with Crippen molar-refractivity contribution >= 4 is 43.7 Å². The molecule has 0 fully saturated rings. The second-order valence-corrected chi connectivity index (χ2v) is 12.1. The minimum absolute atomic E-state index is 0.0221. The molecule has 0 amide bonds. The van der Waals surface area contributed by atoms with Gasteiger partial charge in [0.15, 0.2) is 17.5 Å². The highest BCUT2D eigenvalue weighted by Crippen LogP contribution is 2.43. The molecule has 5 nitrogen and oxygen atoms in total. The van der Waals surface area contributed by atoms with E-state index in [1.807, 2.05) is 66.7 Å². The molecule has 0 bridgehead atoms. The fraction of sp³-hybridized carbons (Fsp3) is 0. The van der Waals surface area contributed by atoms with E-state index in [2.05, 4.69) is 77.4 Å². The number of hydrogen-bond donors (Lipinski definition) is 0. The third-order valence-electron chi connectivity index (χ3n) is 9.15. The number of aromatic nitrogens is 4. The van der Waals surface area contributed by atoms with E-state index in [0.29, 0.717) is 28.1 Å². The fourth-order valence-corrected chi connectivity index (χ4v) is 6.98. The average molecular weight is 646 g/mol. The van der Waals surface area contributed by atoms with Crippen LogP contribution in [0.25, 0.3) is 94.7 Å². The molecule has 50 heavy (non-hydrogen) atoms. The van der Waals surface area contributed by atoms with Gasteiger partial charge in [0.05, 0.1) is 17.9 Å². The first-order valence-electron chi connectivity index (χ1n) is 18.8. The zero-order chi connectivity index (χ0) is 37.4. The lowest BCUT2D eigenvalue weighted by atomic mass is 9.96. The van der Waals surface area contributed by atoms with E-state index >= 15 is 0 Å². The molecule has 3 aromatic heterocycles. The van der Waals surface area contributed by atoms with E-state index in [1.165, 1.54) is 0 Å². The Morgan fingerprint density at radius 2 is 1.08 bits per heavy atom. The average Bonchev–Trinajstić information content (AvgIpc) is 3.78. The summed E-state index contributed by atoms with van der Waals surface area (Å²) in [4.78, 5) is 14.5. The largest absolute Gasteiger partial charge is 0.456 e. The van der Waals surface area contributed by atoms with Crippen molar-refractivity contribution in [3.05, 3.63) is 170 Å². The minimum atomic E-state index is -0.485. The number of benzene rings is 7. The normalized spacial score (nSPS) is 13.0.